The Bertz CT molecular complexity index is 992. The molecule has 4 rings (SSSR count). The summed E-state index contributed by atoms with van der Waals surface area (Å²) in [6.45, 7) is 3.93. The Morgan fingerprint density at radius 1 is 1.34 bits per heavy atom. The van der Waals surface area contributed by atoms with E-state index in [0.717, 1.165) is 42.5 Å². The van der Waals surface area contributed by atoms with Crippen molar-refractivity contribution in [2.45, 2.75) is 64.8 Å². The fourth-order valence-corrected chi connectivity index (χ4v) is 5.36. The van der Waals surface area contributed by atoms with Crippen LogP contribution in [0.15, 0.2) is 4.79 Å². The van der Waals surface area contributed by atoms with Crippen LogP contribution in [0.1, 0.15) is 55.8 Å². The first-order valence-electron chi connectivity index (χ1n) is 10.4. The van der Waals surface area contributed by atoms with Gasteiger partial charge in [-0.05, 0) is 56.4 Å². The molecule has 0 bridgehead atoms. The molecule has 1 fully saturated rings. The zero-order valence-corrected chi connectivity index (χ0v) is 17.7. The van der Waals surface area contributed by atoms with Gasteiger partial charge in [-0.1, -0.05) is 6.92 Å². The van der Waals surface area contributed by atoms with Gasteiger partial charge < -0.3 is 15.0 Å². The van der Waals surface area contributed by atoms with Crippen molar-refractivity contribution in [3.8, 4) is 0 Å². The third-order valence-electron chi connectivity index (χ3n) is 5.86. The standard InChI is InChI=1S/C21H27N3O4S/c1-11-3-6-14-15(9-11)29-21-19(14)20(27)23-16(24-21)7-8-18(26)28-10-17(25)22-12(2)13-4-5-13/h11-13H,3-10H2,1-2H3,(H,22,25)(H,23,24,27)/t11-,12-/m0/s1. The monoisotopic (exact) mass is 417 g/mol. The quantitative estimate of drug-likeness (QED) is 0.674. The van der Waals surface area contributed by atoms with E-state index in [1.807, 2.05) is 6.92 Å². The number of aromatic nitrogens is 2. The molecule has 156 valence electrons. The zero-order valence-electron chi connectivity index (χ0n) is 16.9. The number of esters is 1. The number of carbonyl (C=O) groups is 2. The van der Waals surface area contributed by atoms with Crippen LogP contribution in [0.25, 0.3) is 10.2 Å². The van der Waals surface area contributed by atoms with Gasteiger partial charge in [-0.2, -0.15) is 0 Å². The minimum Gasteiger partial charge on any atom is -0.456 e. The molecular weight excluding hydrogens is 390 g/mol. The predicted octanol–water partition coefficient (Wildman–Crippen LogP) is 2.50. The van der Waals surface area contributed by atoms with Crippen molar-refractivity contribution in [3.05, 3.63) is 26.6 Å². The van der Waals surface area contributed by atoms with Gasteiger partial charge in [0.2, 0.25) is 0 Å². The SMILES string of the molecule is C[C@H]1CCc2c(sc3nc(CCC(=O)OCC(=O)N[C@@H](C)C4CC4)[nH]c(=O)c23)C1. The van der Waals surface area contributed by atoms with Crippen LogP contribution in [0.4, 0.5) is 0 Å². The first-order chi connectivity index (χ1) is 13.9. The number of thiophene rings is 1. The van der Waals surface area contributed by atoms with Crippen LogP contribution in [-0.4, -0.2) is 34.5 Å². The van der Waals surface area contributed by atoms with Gasteiger partial charge in [-0.25, -0.2) is 4.98 Å². The first-order valence-corrected chi connectivity index (χ1v) is 11.2. The van der Waals surface area contributed by atoms with Crippen molar-refractivity contribution in [3.63, 3.8) is 0 Å². The number of aromatic amines is 1. The Hall–Kier alpha value is -2.22. The van der Waals surface area contributed by atoms with Crippen LogP contribution in [-0.2, 0) is 33.6 Å². The van der Waals surface area contributed by atoms with Crippen LogP contribution >= 0.6 is 11.3 Å². The lowest BCUT2D eigenvalue weighted by Gasteiger charge is -2.17. The van der Waals surface area contributed by atoms with Crippen LogP contribution in [0.3, 0.4) is 0 Å². The molecule has 2 aliphatic rings. The average Bonchev–Trinajstić information content (AvgIpc) is 3.46. The van der Waals surface area contributed by atoms with Gasteiger partial charge in [-0.3, -0.25) is 14.4 Å². The van der Waals surface area contributed by atoms with E-state index < -0.39 is 5.97 Å². The second-order valence-electron chi connectivity index (χ2n) is 8.40. The van der Waals surface area contributed by atoms with Crippen LogP contribution in [0.2, 0.25) is 0 Å². The molecule has 2 atom stereocenters. The third kappa shape index (κ3) is 4.69. The largest absolute Gasteiger partial charge is 0.456 e. The molecule has 2 N–H and O–H groups in total. The van der Waals surface area contributed by atoms with Crippen molar-refractivity contribution < 1.29 is 14.3 Å². The number of nitrogens with one attached hydrogen (secondary N) is 2. The fourth-order valence-electron chi connectivity index (χ4n) is 3.96. The van der Waals surface area contributed by atoms with E-state index in [4.69, 9.17) is 4.74 Å². The molecule has 2 aliphatic carbocycles. The maximum atomic E-state index is 12.6. The Labute approximate surface area is 173 Å². The van der Waals surface area contributed by atoms with E-state index >= 15 is 0 Å². The molecule has 0 unspecified atom stereocenters. The van der Waals surface area contributed by atoms with Crippen LogP contribution in [0.5, 0.6) is 0 Å². The third-order valence-corrected chi connectivity index (χ3v) is 7.01. The Kier molecular flexibility index (Phi) is 5.72. The summed E-state index contributed by atoms with van der Waals surface area (Å²) >= 11 is 1.59. The number of carbonyl (C=O) groups excluding carboxylic acids is 2. The van der Waals surface area contributed by atoms with E-state index in [1.165, 1.54) is 4.88 Å². The van der Waals surface area contributed by atoms with Crippen LogP contribution < -0.4 is 10.9 Å². The highest BCUT2D eigenvalue weighted by molar-refractivity contribution is 7.18. The van der Waals surface area contributed by atoms with Gasteiger partial charge >= 0.3 is 5.97 Å². The van der Waals surface area contributed by atoms with E-state index in [-0.39, 0.29) is 37.0 Å². The van der Waals surface area contributed by atoms with Crippen molar-refractivity contribution >= 4 is 33.4 Å². The number of hydrogen-bond donors (Lipinski definition) is 2. The highest BCUT2D eigenvalue weighted by atomic mass is 32.1. The molecule has 2 heterocycles. The smallest absolute Gasteiger partial charge is 0.306 e. The van der Waals surface area contributed by atoms with Gasteiger partial charge in [0.15, 0.2) is 6.61 Å². The van der Waals surface area contributed by atoms with E-state index in [1.54, 1.807) is 11.3 Å². The molecule has 29 heavy (non-hydrogen) atoms. The summed E-state index contributed by atoms with van der Waals surface area (Å²) in [6.07, 6.45) is 5.66. The second kappa shape index (κ2) is 8.26. The minimum absolute atomic E-state index is 0.0715. The van der Waals surface area contributed by atoms with Gasteiger partial charge in [0.25, 0.3) is 11.5 Å². The van der Waals surface area contributed by atoms with Gasteiger partial charge in [0, 0.05) is 17.3 Å². The molecule has 0 radical (unpaired) electrons. The molecule has 7 nitrogen and oxygen atoms in total. The minimum atomic E-state index is -0.471. The number of hydrogen-bond acceptors (Lipinski definition) is 6. The lowest BCUT2D eigenvalue weighted by atomic mass is 9.89. The van der Waals surface area contributed by atoms with Crippen LogP contribution in [0, 0.1) is 11.8 Å². The lowest BCUT2D eigenvalue weighted by Crippen LogP contribution is -2.37. The summed E-state index contributed by atoms with van der Waals surface area (Å²) in [5.41, 5.74) is 1.02. The van der Waals surface area contributed by atoms with Crippen molar-refractivity contribution in [1.29, 1.82) is 0 Å². The van der Waals surface area contributed by atoms with E-state index in [0.29, 0.717) is 23.0 Å². The molecule has 2 aromatic heterocycles. The molecule has 0 aromatic carbocycles. The Morgan fingerprint density at radius 3 is 2.90 bits per heavy atom. The topological polar surface area (TPSA) is 101 Å². The van der Waals surface area contributed by atoms with Crippen molar-refractivity contribution in [2.75, 3.05) is 6.61 Å². The normalized spacial score (nSPS) is 19.6. The molecule has 8 heteroatoms. The summed E-state index contributed by atoms with van der Waals surface area (Å²) in [6, 6.07) is 0.127. The maximum Gasteiger partial charge on any atom is 0.306 e. The number of nitrogens with zero attached hydrogens (tertiary/aromatic N) is 1. The number of fused-ring (bicyclic) bond motifs is 3. The molecule has 2 aromatic rings. The highest BCUT2D eigenvalue weighted by Gasteiger charge is 2.29. The average molecular weight is 418 g/mol. The van der Waals surface area contributed by atoms with Gasteiger partial charge in [0.1, 0.15) is 10.7 Å². The number of amides is 1. The summed E-state index contributed by atoms with van der Waals surface area (Å²) in [4.78, 5) is 45.8. The Morgan fingerprint density at radius 2 is 2.14 bits per heavy atom. The fraction of sp³-hybridized carbons (Fsp3) is 0.619. The zero-order chi connectivity index (χ0) is 20.5. The number of aryl methyl sites for hydroxylation is 2. The molecule has 1 amide bonds. The summed E-state index contributed by atoms with van der Waals surface area (Å²) < 4.78 is 5.05. The summed E-state index contributed by atoms with van der Waals surface area (Å²) in [5, 5.41) is 3.56. The number of ether oxygens (including phenoxy) is 1. The molecule has 0 aliphatic heterocycles. The second-order valence-corrected chi connectivity index (χ2v) is 9.48. The molecular formula is C21H27N3O4S. The molecule has 1 saturated carbocycles. The lowest BCUT2D eigenvalue weighted by molar-refractivity contribution is -0.148. The van der Waals surface area contributed by atoms with Gasteiger partial charge in [-0.15, -0.1) is 11.3 Å². The highest BCUT2D eigenvalue weighted by Crippen LogP contribution is 2.35. The van der Waals surface area contributed by atoms with Crippen molar-refractivity contribution in [2.24, 2.45) is 11.8 Å². The van der Waals surface area contributed by atoms with E-state index in [2.05, 4.69) is 22.2 Å². The first kappa shape index (κ1) is 20.1. The predicted molar refractivity (Wildman–Crippen MR) is 111 cm³/mol. The maximum absolute atomic E-state index is 12.6. The van der Waals surface area contributed by atoms with Crippen molar-refractivity contribution in [1.82, 2.24) is 15.3 Å². The Balaban J connectivity index is 1.33. The summed E-state index contributed by atoms with van der Waals surface area (Å²) in [7, 11) is 0. The molecule has 0 spiro atoms. The number of rotatable bonds is 7. The van der Waals surface area contributed by atoms with E-state index in [9.17, 15) is 14.4 Å². The van der Waals surface area contributed by atoms with Gasteiger partial charge in [0.05, 0.1) is 11.8 Å². The summed E-state index contributed by atoms with van der Waals surface area (Å²) in [5.74, 6) is 0.926. The molecule has 0 saturated heterocycles. The number of H-pyrrole nitrogens is 1.